The van der Waals surface area contributed by atoms with Crippen molar-refractivity contribution < 1.29 is 13.3 Å². The minimum atomic E-state index is -3.66. The van der Waals surface area contributed by atoms with E-state index in [0.29, 0.717) is 0 Å². The highest BCUT2D eigenvalue weighted by molar-refractivity contribution is 7.90. The fourth-order valence-electron chi connectivity index (χ4n) is 1.16. The van der Waals surface area contributed by atoms with Crippen LogP contribution in [0.4, 0.5) is 11.4 Å². The zero-order valence-corrected chi connectivity index (χ0v) is 10.5. The van der Waals surface area contributed by atoms with Gasteiger partial charge in [-0.25, -0.2) is 0 Å². The number of anilines is 1. The summed E-state index contributed by atoms with van der Waals surface area (Å²) in [7, 11) is -0.915. The third kappa shape index (κ3) is 2.92. The second-order valence-corrected chi connectivity index (χ2v) is 5.48. The molecule has 1 aromatic rings. The smallest absolute Gasteiger partial charge is 0.270 e. The first-order valence-corrected chi connectivity index (χ1v) is 6.14. The topological polar surface area (TPSA) is 92.6 Å². The van der Waals surface area contributed by atoms with Crippen molar-refractivity contribution in [2.75, 3.05) is 18.8 Å². The monoisotopic (exact) mass is 259 g/mol. The number of nitro groups is 1. The van der Waals surface area contributed by atoms with Gasteiger partial charge in [0.2, 0.25) is 0 Å². The largest absolute Gasteiger partial charge is 0.301 e. The number of benzene rings is 1. The molecule has 0 aliphatic rings. The number of nitrogens with zero attached hydrogens (tertiary/aromatic N) is 2. The van der Waals surface area contributed by atoms with Crippen LogP contribution in [0.25, 0.3) is 0 Å². The Hall–Kier alpha value is -1.67. The fraction of sp³-hybridized carbons (Fsp3) is 0.333. The molecule has 0 saturated carbocycles. The van der Waals surface area contributed by atoms with Crippen LogP contribution in [0.2, 0.25) is 0 Å². The van der Waals surface area contributed by atoms with Gasteiger partial charge in [0.05, 0.1) is 16.2 Å². The molecule has 0 amide bonds. The maximum atomic E-state index is 11.6. The molecule has 94 valence electrons. The van der Waals surface area contributed by atoms with E-state index in [4.69, 9.17) is 0 Å². The lowest BCUT2D eigenvalue weighted by Crippen LogP contribution is -2.29. The molecule has 0 aliphatic heterocycles. The number of nitrogens with one attached hydrogen (secondary N) is 1. The van der Waals surface area contributed by atoms with Crippen LogP contribution in [0.5, 0.6) is 0 Å². The summed E-state index contributed by atoms with van der Waals surface area (Å²) < 4.78 is 26.4. The molecule has 1 aromatic carbocycles. The van der Waals surface area contributed by atoms with Crippen LogP contribution >= 0.6 is 0 Å². The minimum absolute atomic E-state index is 0.121. The molecule has 0 aromatic heterocycles. The van der Waals surface area contributed by atoms with Crippen LogP contribution in [-0.4, -0.2) is 31.7 Å². The average Bonchev–Trinajstić information content (AvgIpc) is 2.20. The number of nitro benzene ring substituents is 1. The first-order chi connectivity index (χ1) is 7.75. The summed E-state index contributed by atoms with van der Waals surface area (Å²) in [6.07, 6.45) is 0. The lowest BCUT2D eigenvalue weighted by Gasteiger charge is -2.14. The van der Waals surface area contributed by atoms with Gasteiger partial charge in [-0.2, -0.15) is 12.7 Å². The first kappa shape index (κ1) is 13.4. The molecule has 0 atom stereocenters. The Labute approximate surface area is 99.4 Å². The van der Waals surface area contributed by atoms with Crippen LogP contribution in [0, 0.1) is 17.0 Å². The highest BCUT2D eigenvalue weighted by Crippen LogP contribution is 2.25. The number of hydrogen-bond acceptors (Lipinski definition) is 4. The van der Waals surface area contributed by atoms with Crippen molar-refractivity contribution in [2.45, 2.75) is 6.92 Å². The molecule has 1 N–H and O–H groups in total. The summed E-state index contributed by atoms with van der Waals surface area (Å²) in [4.78, 5) is 10.1. The lowest BCUT2D eigenvalue weighted by atomic mass is 10.2. The molecular weight excluding hydrogens is 246 g/mol. The minimum Gasteiger partial charge on any atom is -0.270 e. The third-order valence-electron chi connectivity index (χ3n) is 2.22. The summed E-state index contributed by atoms with van der Waals surface area (Å²) in [5, 5.41) is 10.7. The standard InChI is InChI=1S/C9H13N3O4S/c1-7-8(10-17(15,16)11(2)3)5-4-6-9(7)12(13)14/h4-6,10H,1-3H3. The number of rotatable bonds is 4. The maximum absolute atomic E-state index is 11.6. The Bertz CT molecular complexity index is 539. The van der Waals surface area contributed by atoms with E-state index < -0.39 is 15.1 Å². The highest BCUT2D eigenvalue weighted by Gasteiger charge is 2.18. The van der Waals surface area contributed by atoms with Crippen molar-refractivity contribution in [3.63, 3.8) is 0 Å². The van der Waals surface area contributed by atoms with Crippen LogP contribution in [0.3, 0.4) is 0 Å². The Morgan fingerprint density at radius 2 is 1.94 bits per heavy atom. The van der Waals surface area contributed by atoms with Gasteiger partial charge in [-0.05, 0) is 13.0 Å². The zero-order valence-electron chi connectivity index (χ0n) is 9.67. The maximum Gasteiger partial charge on any atom is 0.301 e. The normalized spacial score (nSPS) is 11.5. The molecule has 0 radical (unpaired) electrons. The van der Waals surface area contributed by atoms with Gasteiger partial charge in [0.25, 0.3) is 5.69 Å². The summed E-state index contributed by atoms with van der Waals surface area (Å²) in [6, 6.07) is 4.23. The molecular formula is C9H13N3O4S. The van der Waals surface area contributed by atoms with Crippen molar-refractivity contribution >= 4 is 21.6 Å². The highest BCUT2D eigenvalue weighted by atomic mass is 32.2. The van der Waals surface area contributed by atoms with E-state index in [0.717, 1.165) is 4.31 Å². The summed E-state index contributed by atoms with van der Waals surface area (Å²) in [6.45, 7) is 1.49. The lowest BCUT2D eigenvalue weighted by molar-refractivity contribution is -0.385. The van der Waals surface area contributed by atoms with E-state index in [-0.39, 0.29) is 16.9 Å². The van der Waals surface area contributed by atoms with Crippen LogP contribution in [0.1, 0.15) is 5.56 Å². The van der Waals surface area contributed by atoms with E-state index in [1.165, 1.54) is 39.2 Å². The van der Waals surface area contributed by atoms with Gasteiger partial charge >= 0.3 is 10.2 Å². The molecule has 0 fully saturated rings. The van der Waals surface area contributed by atoms with Crippen molar-refractivity contribution in [2.24, 2.45) is 0 Å². The molecule has 0 unspecified atom stereocenters. The summed E-state index contributed by atoms with van der Waals surface area (Å²) in [5.41, 5.74) is 0.361. The van der Waals surface area contributed by atoms with E-state index in [1.807, 2.05) is 0 Å². The first-order valence-electron chi connectivity index (χ1n) is 4.70. The van der Waals surface area contributed by atoms with Gasteiger partial charge in [-0.3, -0.25) is 14.8 Å². The van der Waals surface area contributed by atoms with Gasteiger partial charge in [0, 0.05) is 20.2 Å². The van der Waals surface area contributed by atoms with E-state index in [9.17, 15) is 18.5 Å². The van der Waals surface area contributed by atoms with E-state index >= 15 is 0 Å². The molecule has 0 saturated heterocycles. The second kappa shape index (κ2) is 4.68. The van der Waals surface area contributed by atoms with Crippen molar-refractivity contribution in [3.05, 3.63) is 33.9 Å². The Morgan fingerprint density at radius 1 is 1.35 bits per heavy atom. The predicted molar refractivity (Wildman–Crippen MR) is 64.1 cm³/mol. The van der Waals surface area contributed by atoms with Gasteiger partial charge in [0.1, 0.15) is 0 Å². The summed E-state index contributed by atoms with van der Waals surface area (Å²) in [5.74, 6) is 0. The molecule has 0 aliphatic carbocycles. The quantitative estimate of drug-likeness (QED) is 0.647. The SMILES string of the molecule is Cc1c(NS(=O)(=O)N(C)C)cccc1[N+](=O)[O-]. The molecule has 0 heterocycles. The molecule has 7 nitrogen and oxygen atoms in total. The van der Waals surface area contributed by atoms with Crippen LogP contribution in [-0.2, 0) is 10.2 Å². The zero-order chi connectivity index (χ0) is 13.2. The number of hydrogen-bond donors (Lipinski definition) is 1. The second-order valence-electron chi connectivity index (χ2n) is 3.60. The Kier molecular flexibility index (Phi) is 3.69. The van der Waals surface area contributed by atoms with Crippen molar-refractivity contribution in [1.29, 1.82) is 0 Å². The van der Waals surface area contributed by atoms with Gasteiger partial charge in [0.15, 0.2) is 0 Å². The van der Waals surface area contributed by atoms with Crippen molar-refractivity contribution in [1.82, 2.24) is 4.31 Å². The predicted octanol–water partition coefficient (Wildman–Crippen LogP) is 1.12. The van der Waals surface area contributed by atoms with E-state index in [1.54, 1.807) is 0 Å². The van der Waals surface area contributed by atoms with Gasteiger partial charge in [-0.1, -0.05) is 6.07 Å². The molecule has 0 spiro atoms. The molecule has 8 heteroatoms. The van der Waals surface area contributed by atoms with Gasteiger partial charge < -0.3 is 0 Å². The molecule has 17 heavy (non-hydrogen) atoms. The fourth-order valence-corrected chi connectivity index (χ4v) is 1.84. The van der Waals surface area contributed by atoms with Crippen LogP contribution in [0.15, 0.2) is 18.2 Å². The van der Waals surface area contributed by atoms with Crippen molar-refractivity contribution in [3.8, 4) is 0 Å². The Morgan fingerprint density at radius 3 is 2.41 bits per heavy atom. The van der Waals surface area contributed by atoms with Crippen LogP contribution < -0.4 is 4.72 Å². The van der Waals surface area contributed by atoms with Gasteiger partial charge in [-0.15, -0.1) is 0 Å². The summed E-state index contributed by atoms with van der Waals surface area (Å²) >= 11 is 0. The van der Waals surface area contributed by atoms with E-state index in [2.05, 4.69) is 4.72 Å². The third-order valence-corrected chi connectivity index (χ3v) is 3.66. The Balaban J connectivity index is 3.18. The molecule has 0 bridgehead atoms. The average molecular weight is 259 g/mol. The molecule has 1 rings (SSSR count).